The summed E-state index contributed by atoms with van der Waals surface area (Å²) in [5.74, 6) is 0.901. The van der Waals surface area contributed by atoms with Crippen LogP contribution in [0, 0.1) is 20.8 Å². The molecule has 168 valence electrons. The minimum Gasteiger partial charge on any atom is -0.372 e. The van der Waals surface area contributed by atoms with Crippen LogP contribution in [0.4, 0.5) is 11.4 Å². The molecule has 0 aliphatic carbocycles. The molecule has 2 heterocycles. The highest BCUT2D eigenvalue weighted by molar-refractivity contribution is 6.53. The second kappa shape index (κ2) is 9.32. The standard InChI is InChI=1S/C26H28N6O/c1-6-31(7-2)21-12-13-23(17(3)14-21)27-25-24(22-11-9-8-10-20(22)16-33)28-26(29-25)32-19(5)15-18(4)30-32/h8-16H,6-7H2,1-5H3/b27-25-. The van der Waals surface area contributed by atoms with Crippen molar-refractivity contribution in [2.75, 3.05) is 18.0 Å². The van der Waals surface area contributed by atoms with Gasteiger partial charge in [-0.1, -0.05) is 24.3 Å². The van der Waals surface area contributed by atoms with E-state index in [1.165, 1.54) is 5.69 Å². The second-order valence-electron chi connectivity index (χ2n) is 7.99. The SMILES string of the molecule is CCN(CC)c1ccc(/N=C2\N=C(n3nc(C)cc3C)N=C2c2ccccc2C=O)c(C)c1. The third kappa shape index (κ3) is 4.39. The molecule has 3 aromatic rings. The quantitative estimate of drug-likeness (QED) is 0.512. The van der Waals surface area contributed by atoms with Crippen LogP contribution in [0.2, 0.25) is 0 Å². The van der Waals surface area contributed by atoms with E-state index < -0.39 is 0 Å². The van der Waals surface area contributed by atoms with Crippen LogP contribution >= 0.6 is 0 Å². The molecule has 7 heteroatoms. The molecule has 4 rings (SSSR count). The summed E-state index contributed by atoms with van der Waals surface area (Å²) in [4.78, 5) is 28.4. The molecule has 7 nitrogen and oxygen atoms in total. The summed E-state index contributed by atoms with van der Waals surface area (Å²) >= 11 is 0. The van der Waals surface area contributed by atoms with Gasteiger partial charge in [0.05, 0.1) is 11.4 Å². The van der Waals surface area contributed by atoms with Crippen LogP contribution < -0.4 is 4.90 Å². The van der Waals surface area contributed by atoms with Gasteiger partial charge < -0.3 is 4.90 Å². The number of carbonyl (C=O) groups is 1. The molecule has 0 spiro atoms. The van der Waals surface area contributed by atoms with E-state index in [-0.39, 0.29) is 0 Å². The Morgan fingerprint density at radius 3 is 2.39 bits per heavy atom. The zero-order valence-electron chi connectivity index (χ0n) is 19.7. The lowest BCUT2D eigenvalue weighted by molar-refractivity contribution is 0.112. The average Bonchev–Trinajstić information content (AvgIpc) is 3.38. The van der Waals surface area contributed by atoms with E-state index in [1.807, 2.05) is 51.1 Å². The Labute approximate surface area is 194 Å². The molecule has 0 amide bonds. The van der Waals surface area contributed by atoms with Gasteiger partial charge >= 0.3 is 0 Å². The van der Waals surface area contributed by atoms with E-state index in [2.05, 4.69) is 36.0 Å². The number of hydrogen-bond donors (Lipinski definition) is 0. The molecular weight excluding hydrogens is 412 g/mol. The monoisotopic (exact) mass is 440 g/mol. The average molecular weight is 441 g/mol. The Hall–Kier alpha value is -3.87. The van der Waals surface area contributed by atoms with Crippen molar-refractivity contribution in [1.29, 1.82) is 0 Å². The number of hydrogen-bond acceptors (Lipinski definition) is 5. The maximum atomic E-state index is 11.7. The molecule has 1 aliphatic rings. The fourth-order valence-electron chi connectivity index (χ4n) is 3.99. The fraction of sp³-hybridized carbons (Fsp3) is 0.269. The fourth-order valence-corrected chi connectivity index (χ4v) is 3.99. The summed E-state index contributed by atoms with van der Waals surface area (Å²) in [6.45, 7) is 12.1. The highest BCUT2D eigenvalue weighted by atomic mass is 16.1. The summed E-state index contributed by atoms with van der Waals surface area (Å²) in [6, 6.07) is 15.6. The van der Waals surface area contributed by atoms with E-state index in [4.69, 9.17) is 15.0 Å². The van der Waals surface area contributed by atoms with Crippen LogP contribution in [0.1, 0.15) is 46.7 Å². The van der Waals surface area contributed by atoms with Gasteiger partial charge in [0, 0.05) is 35.6 Å². The van der Waals surface area contributed by atoms with E-state index in [0.717, 1.165) is 42.0 Å². The number of benzene rings is 2. The first-order valence-electron chi connectivity index (χ1n) is 11.1. The molecule has 0 bridgehead atoms. The highest BCUT2D eigenvalue weighted by Gasteiger charge is 2.24. The number of nitrogens with zero attached hydrogens (tertiary/aromatic N) is 6. The Kier molecular flexibility index (Phi) is 6.31. The number of aromatic nitrogens is 2. The number of anilines is 1. The van der Waals surface area contributed by atoms with Crippen LogP contribution in [-0.4, -0.2) is 46.7 Å². The molecular formula is C26H28N6O. The topological polar surface area (TPSA) is 75.2 Å². The van der Waals surface area contributed by atoms with Crippen molar-refractivity contribution in [2.24, 2.45) is 15.0 Å². The number of amidine groups is 1. The second-order valence-corrected chi connectivity index (χ2v) is 7.99. The van der Waals surface area contributed by atoms with E-state index in [1.54, 1.807) is 10.7 Å². The number of aliphatic imine (C=N–C) groups is 3. The van der Waals surface area contributed by atoms with Crippen LogP contribution in [0.5, 0.6) is 0 Å². The smallest absolute Gasteiger partial charge is 0.253 e. The molecule has 33 heavy (non-hydrogen) atoms. The molecule has 0 N–H and O–H groups in total. The molecule has 2 aromatic carbocycles. The molecule has 0 atom stereocenters. The van der Waals surface area contributed by atoms with Gasteiger partial charge in [0.2, 0.25) is 0 Å². The molecule has 0 saturated heterocycles. The number of aryl methyl sites for hydroxylation is 3. The first-order chi connectivity index (χ1) is 15.9. The van der Waals surface area contributed by atoms with E-state index in [0.29, 0.717) is 28.6 Å². The molecule has 1 aliphatic heterocycles. The Balaban J connectivity index is 1.83. The van der Waals surface area contributed by atoms with Gasteiger partial charge in [0.1, 0.15) is 5.71 Å². The summed E-state index contributed by atoms with van der Waals surface area (Å²) in [5, 5.41) is 4.52. The van der Waals surface area contributed by atoms with Crippen molar-refractivity contribution in [3.8, 4) is 0 Å². The zero-order valence-corrected chi connectivity index (χ0v) is 19.7. The van der Waals surface area contributed by atoms with Gasteiger partial charge in [-0.3, -0.25) is 4.79 Å². The Morgan fingerprint density at radius 2 is 1.76 bits per heavy atom. The van der Waals surface area contributed by atoms with Gasteiger partial charge in [-0.15, -0.1) is 0 Å². The maximum Gasteiger partial charge on any atom is 0.253 e. The van der Waals surface area contributed by atoms with E-state index in [9.17, 15) is 4.79 Å². The minimum atomic E-state index is 0.437. The highest BCUT2D eigenvalue weighted by Crippen LogP contribution is 2.27. The molecule has 0 radical (unpaired) electrons. The van der Waals surface area contributed by atoms with Gasteiger partial charge in [-0.05, 0) is 64.4 Å². The van der Waals surface area contributed by atoms with Gasteiger partial charge in [0.25, 0.3) is 5.96 Å². The van der Waals surface area contributed by atoms with Crippen LogP contribution in [0.25, 0.3) is 0 Å². The Bertz CT molecular complexity index is 1290. The van der Waals surface area contributed by atoms with Gasteiger partial charge in [-0.25, -0.2) is 14.7 Å². The van der Waals surface area contributed by atoms with Gasteiger partial charge in [0.15, 0.2) is 12.1 Å². The molecule has 1 aromatic heterocycles. The minimum absolute atomic E-state index is 0.437. The predicted molar refractivity (Wildman–Crippen MR) is 135 cm³/mol. The van der Waals surface area contributed by atoms with Crippen LogP contribution in [0.15, 0.2) is 63.5 Å². The summed E-state index contributed by atoms with van der Waals surface area (Å²) in [5.41, 5.74) is 6.64. The zero-order chi connectivity index (χ0) is 23.5. The number of carbonyl (C=O) groups excluding carboxylic acids is 1. The summed E-state index contributed by atoms with van der Waals surface area (Å²) in [6.07, 6.45) is 0.834. The first kappa shape index (κ1) is 22.3. The van der Waals surface area contributed by atoms with Crippen molar-refractivity contribution in [2.45, 2.75) is 34.6 Å². The molecule has 0 fully saturated rings. The summed E-state index contributed by atoms with van der Waals surface area (Å²) in [7, 11) is 0. The maximum absolute atomic E-state index is 11.7. The molecule has 0 saturated carbocycles. The third-order valence-electron chi connectivity index (χ3n) is 5.71. The van der Waals surface area contributed by atoms with Crippen molar-refractivity contribution in [3.63, 3.8) is 0 Å². The molecule has 0 unspecified atom stereocenters. The van der Waals surface area contributed by atoms with Crippen molar-refractivity contribution in [3.05, 3.63) is 76.6 Å². The normalized spacial score (nSPS) is 14.4. The first-order valence-corrected chi connectivity index (χ1v) is 11.1. The lowest BCUT2D eigenvalue weighted by Gasteiger charge is -2.21. The van der Waals surface area contributed by atoms with Crippen LogP contribution in [0.3, 0.4) is 0 Å². The Morgan fingerprint density at radius 1 is 1.00 bits per heavy atom. The van der Waals surface area contributed by atoms with Crippen molar-refractivity contribution in [1.82, 2.24) is 9.78 Å². The summed E-state index contributed by atoms with van der Waals surface area (Å²) < 4.78 is 1.71. The van der Waals surface area contributed by atoms with E-state index >= 15 is 0 Å². The lowest BCUT2D eigenvalue weighted by atomic mass is 10.0. The van der Waals surface area contributed by atoms with Crippen molar-refractivity contribution < 1.29 is 4.79 Å². The van der Waals surface area contributed by atoms with Gasteiger partial charge in [-0.2, -0.15) is 10.1 Å². The largest absolute Gasteiger partial charge is 0.372 e. The lowest BCUT2D eigenvalue weighted by Crippen LogP contribution is -2.21. The number of rotatable bonds is 6. The van der Waals surface area contributed by atoms with Crippen LogP contribution in [-0.2, 0) is 0 Å². The van der Waals surface area contributed by atoms with Crippen molar-refractivity contribution >= 4 is 35.2 Å². The third-order valence-corrected chi connectivity index (χ3v) is 5.71. The predicted octanol–water partition coefficient (Wildman–Crippen LogP) is 4.90. The number of aldehydes is 1.